The molecule has 94 valence electrons. The van der Waals surface area contributed by atoms with Gasteiger partial charge in [0.05, 0.1) is 10.5 Å². The summed E-state index contributed by atoms with van der Waals surface area (Å²) in [4.78, 5) is 10.1. The van der Waals surface area contributed by atoms with Crippen molar-refractivity contribution in [2.75, 3.05) is 5.75 Å². The Morgan fingerprint density at radius 2 is 1.94 bits per heavy atom. The summed E-state index contributed by atoms with van der Waals surface area (Å²) in [6.07, 6.45) is -3.03. The van der Waals surface area contributed by atoms with Crippen LogP contribution < -0.4 is 0 Å². The van der Waals surface area contributed by atoms with Crippen molar-refractivity contribution in [2.24, 2.45) is 0 Å². The number of aromatic carboxylic acids is 1. The summed E-state index contributed by atoms with van der Waals surface area (Å²) >= 11 is 5.52. The number of hydrogen-bond acceptors (Lipinski definition) is 3. The van der Waals surface area contributed by atoms with Crippen molar-refractivity contribution in [3.8, 4) is 0 Å². The molecule has 0 amide bonds. The van der Waals surface area contributed by atoms with E-state index in [4.69, 9.17) is 16.7 Å². The van der Waals surface area contributed by atoms with E-state index in [1.165, 1.54) is 0 Å². The summed E-state index contributed by atoms with van der Waals surface area (Å²) < 4.78 is 47.0. The molecule has 0 aliphatic heterocycles. The largest absolute Gasteiger partial charge is 0.478 e. The quantitative estimate of drug-likeness (QED) is 0.919. The minimum absolute atomic E-state index is 0.141. The molecule has 0 radical (unpaired) electrons. The molecule has 0 saturated carbocycles. The zero-order chi connectivity index (χ0) is 13.2. The Kier molecular flexibility index (Phi) is 4.05. The number of carboxylic acid groups (broad SMARTS) is 1. The summed E-state index contributed by atoms with van der Waals surface area (Å²) in [5.74, 6) is -2.76. The second kappa shape index (κ2) is 4.97. The molecular weight excluding hydrogens is 278 g/mol. The van der Waals surface area contributed by atoms with Gasteiger partial charge in [-0.15, -0.1) is 0 Å². The van der Waals surface area contributed by atoms with Gasteiger partial charge in [-0.25, -0.2) is 22.0 Å². The van der Waals surface area contributed by atoms with Gasteiger partial charge in [0.1, 0.15) is 5.75 Å². The number of hydrogen-bond donors (Lipinski definition) is 1. The molecule has 0 unspecified atom stereocenters. The molecular formula is C9H7ClF2O4S. The molecule has 0 atom stereocenters. The molecule has 0 spiro atoms. The Balaban J connectivity index is 3.27. The molecule has 1 aromatic rings. The molecule has 4 nitrogen and oxygen atoms in total. The first kappa shape index (κ1) is 13.9. The van der Waals surface area contributed by atoms with Crippen LogP contribution in [0.25, 0.3) is 0 Å². The van der Waals surface area contributed by atoms with Crippen molar-refractivity contribution < 1.29 is 27.1 Å². The van der Waals surface area contributed by atoms with Crippen LogP contribution in [0.15, 0.2) is 23.1 Å². The molecule has 0 fully saturated rings. The third-order valence-corrected chi connectivity index (χ3v) is 3.69. The van der Waals surface area contributed by atoms with E-state index >= 15 is 0 Å². The molecule has 1 N–H and O–H groups in total. The maximum Gasteiger partial charge on any atom is 0.335 e. The van der Waals surface area contributed by atoms with Gasteiger partial charge in [0, 0.05) is 5.02 Å². The normalized spacial score (nSPS) is 11.8. The topological polar surface area (TPSA) is 71.4 Å². The van der Waals surface area contributed by atoms with E-state index < -0.39 is 32.9 Å². The summed E-state index contributed by atoms with van der Waals surface area (Å²) in [5, 5.41) is 8.54. The van der Waals surface area contributed by atoms with Crippen LogP contribution in [0.5, 0.6) is 0 Å². The van der Waals surface area contributed by atoms with Gasteiger partial charge in [-0.05, 0) is 18.2 Å². The number of sulfone groups is 1. The fraction of sp³-hybridized carbons (Fsp3) is 0.222. The third-order valence-electron chi connectivity index (χ3n) is 1.82. The van der Waals surface area contributed by atoms with Crippen LogP contribution in [0.3, 0.4) is 0 Å². The van der Waals surface area contributed by atoms with E-state index in [1.807, 2.05) is 0 Å². The van der Waals surface area contributed by atoms with Crippen LogP contribution in [0.2, 0.25) is 5.02 Å². The van der Waals surface area contributed by atoms with E-state index in [-0.39, 0.29) is 10.6 Å². The Morgan fingerprint density at radius 1 is 1.35 bits per heavy atom. The maximum absolute atomic E-state index is 12.0. The van der Waals surface area contributed by atoms with E-state index in [0.29, 0.717) is 0 Å². The Labute approximate surface area is 101 Å². The average Bonchev–Trinajstić information content (AvgIpc) is 2.14. The highest BCUT2D eigenvalue weighted by atomic mass is 35.5. The first-order valence-corrected chi connectivity index (χ1v) is 6.30. The van der Waals surface area contributed by atoms with Crippen LogP contribution in [-0.2, 0) is 9.84 Å². The summed E-state index contributed by atoms with van der Waals surface area (Å²) in [7, 11) is -4.24. The fourth-order valence-electron chi connectivity index (χ4n) is 1.13. The smallest absolute Gasteiger partial charge is 0.335 e. The van der Waals surface area contributed by atoms with Crippen LogP contribution >= 0.6 is 11.6 Å². The molecule has 0 saturated heterocycles. The van der Waals surface area contributed by atoms with Gasteiger partial charge in [0.2, 0.25) is 0 Å². The van der Waals surface area contributed by atoms with E-state index in [2.05, 4.69) is 0 Å². The lowest BCUT2D eigenvalue weighted by Crippen LogP contribution is -2.14. The Bertz CT molecular complexity index is 542. The van der Waals surface area contributed by atoms with Crippen LogP contribution in [0.4, 0.5) is 8.78 Å². The van der Waals surface area contributed by atoms with Crippen LogP contribution in [-0.4, -0.2) is 31.7 Å². The highest BCUT2D eigenvalue weighted by Crippen LogP contribution is 2.21. The van der Waals surface area contributed by atoms with Crippen molar-refractivity contribution >= 4 is 27.4 Å². The number of carbonyl (C=O) groups is 1. The second-order valence-electron chi connectivity index (χ2n) is 3.15. The Hall–Kier alpha value is -1.21. The number of benzene rings is 1. The van der Waals surface area contributed by atoms with Crippen molar-refractivity contribution in [1.82, 2.24) is 0 Å². The predicted octanol–water partition coefficient (Wildman–Crippen LogP) is 2.08. The molecule has 0 aromatic heterocycles. The van der Waals surface area contributed by atoms with Crippen molar-refractivity contribution in [3.05, 3.63) is 28.8 Å². The molecule has 0 heterocycles. The standard InChI is InChI=1S/C9H7ClF2O4S/c10-6-1-5(9(13)14)2-7(3-6)17(15,16)4-8(11)12/h1-3,8H,4H2,(H,13,14). The lowest BCUT2D eigenvalue weighted by atomic mass is 10.2. The lowest BCUT2D eigenvalue weighted by molar-refractivity contribution is 0.0696. The number of carboxylic acids is 1. The molecule has 0 bridgehead atoms. The van der Waals surface area contributed by atoms with Crippen LogP contribution in [0.1, 0.15) is 10.4 Å². The molecule has 17 heavy (non-hydrogen) atoms. The predicted molar refractivity (Wildman–Crippen MR) is 56.5 cm³/mol. The summed E-state index contributed by atoms with van der Waals surface area (Å²) in [6, 6.07) is 2.77. The highest BCUT2D eigenvalue weighted by molar-refractivity contribution is 7.91. The van der Waals surface area contributed by atoms with Gasteiger partial charge in [0.25, 0.3) is 6.43 Å². The zero-order valence-corrected chi connectivity index (χ0v) is 9.80. The van der Waals surface area contributed by atoms with Crippen molar-refractivity contribution in [1.29, 1.82) is 0 Å². The molecule has 1 aromatic carbocycles. The third kappa shape index (κ3) is 3.64. The van der Waals surface area contributed by atoms with Crippen LogP contribution in [0, 0.1) is 0 Å². The first-order chi connectivity index (χ1) is 7.72. The van der Waals surface area contributed by atoms with E-state index in [0.717, 1.165) is 18.2 Å². The minimum atomic E-state index is -4.24. The van der Waals surface area contributed by atoms with E-state index in [1.54, 1.807) is 0 Å². The van der Waals surface area contributed by atoms with Gasteiger partial charge in [-0.2, -0.15) is 0 Å². The molecule has 0 aliphatic rings. The van der Waals surface area contributed by atoms with Gasteiger partial charge in [-0.1, -0.05) is 11.6 Å². The average molecular weight is 285 g/mol. The van der Waals surface area contributed by atoms with Gasteiger partial charge in [0.15, 0.2) is 9.84 Å². The Morgan fingerprint density at radius 3 is 2.41 bits per heavy atom. The zero-order valence-electron chi connectivity index (χ0n) is 8.23. The highest BCUT2D eigenvalue weighted by Gasteiger charge is 2.22. The van der Waals surface area contributed by atoms with Crippen molar-refractivity contribution in [2.45, 2.75) is 11.3 Å². The van der Waals surface area contributed by atoms with Crippen molar-refractivity contribution in [3.63, 3.8) is 0 Å². The van der Waals surface area contributed by atoms with Gasteiger partial charge in [-0.3, -0.25) is 0 Å². The monoisotopic (exact) mass is 284 g/mol. The van der Waals surface area contributed by atoms with Gasteiger partial charge < -0.3 is 5.11 Å². The lowest BCUT2D eigenvalue weighted by Gasteiger charge is -2.05. The van der Waals surface area contributed by atoms with E-state index in [9.17, 15) is 22.0 Å². The number of alkyl halides is 2. The maximum atomic E-state index is 12.0. The van der Waals surface area contributed by atoms with Gasteiger partial charge >= 0.3 is 5.97 Å². The SMILES string of the molecule is O=C(O)c1cc(Cl)cc(S(=O)(=O)CC(F)F)c1. The molecule has 8 heteroatoms. The minimum Gasteiger partial charge on any atom is -0.478 e. The molecule has 1 rings (SSSR count). The summed E-state index contributed by atoms with van der Waals surface area (Å²) in [6.45, 7) is 0. The fourth-order valence-corrected chi connectivity index (χ4v) is 2.56. The number of rotatable bonds is 4. The summed E-state index contributed by atoms with van der Waals surface area (Å²) in [5.41, 5.74) is -0.370. The molecule has 0 aliphatic carbocycles. The second-order valence-corrected chi connectivity index (χ2v) is 5.62. The number of halogens is 3. The first-order valence-electron chi connectivity index (χ1n) is 4.27.